The molecule has 2 aromatic rings. The lowest BCUT2D eigenvalue weighted by Gasteiger charge is -2.22. The predicted molar refractivity (Wildman–Crippen MR) is 98.4 cm³/mol. The van der Waals surface area contributed by atoms with E-state index in [0.717, 1.165) is 28.9 Å². The molecule has 0 aliphatic heterocycles. The summed E-state index contributed by atoms with van der Waals surface area (Å²) in [7, 11) is 0. The summed E-state index contributed by atoms with van der Waals surface area (Å²) in [6.07, 6.45) is 0.301. The van der Waals surface area contributed by atoms with Gasteiger partial charge in [-0.25, -0.2) is 0 Å². The minimum atomic E-state index is -0.537. The Morgan fingerprint density at radius 3 is 2.38 bits per heavy atom. The number of carbonyl (C=O) groups is 1. The van der Waals surface area contributed by atoms with Crippen LogP contribution in [0.15, 0.2) is 42.5 Å². The van der Waals surface area contributed by atoms with Gasteiger partial charge < -0.3 is 10.1 Å². The summed E-state index contributed by atoms with van der Waals surface area (Å²) < 4.78 is 5.88. The third-order valence-corrected chi connectivity index (χ3v) is 4.43. The predicted octanol–water partition coefficient (Wildman–Crippen LogP) is 4.65. The zero-order chi connectivity index (χ0) is 17.7. The summed E-state index contributed by atoms with van der Waals surface area (Å²) in [5, 5.41) is 3.09. The Balaban J connectivity index is 2.04. The van der Waals surface area contributed by atoms with E-state index in [2.05, 4.69) is 43.4 Å². The number of rotatable bonds is 6. The molecule has 0 fully saturated rings. The first-order chi connectivity index (χ1) is 11.4. The summed E-state index contributed by atoms with van der Waals surface area (Å²) in [5.74, 6) is 0.671. The molecule has 3 heteroatoms. The number of hydrogen-bond donors (Lipinski definition) is 1. The second-order valence-corrected chi connectivity index (χ2v) is 6.34. The normalized spacial score (nSPS) is 13.2. The van der Waals surface area contributed by atoms with Crippen molar-refractivity contribution < 1.29 is 9.53 Å². The van der Waals surface area contributed by atoms with Gasteiger partial charge in [-0.05, 0) is 56.9 Å². The van der Waals surface area contributed by atoms with Crippen LogP contribution in [0, 0.1) is 20.8 Å². The third-order valence-electron chi connectivity index (χ3n) is 4.43. The molecule has 1 amide bonds. The molecule has 128 valence electrons. The maximum absolute atomic E-state index is 12.5. The van der Waals surface area contributed by atoms with Crippen LogP contribution in [0.25, 0.3) is 0 Å². The maximum atomic E-state index is 12.5. The number of nitrogens with one attached hydrogen (secondary N) is 1. The van der Waals surface area contributed by atoms with Crippen molar-refractivity contribution in [2.75, 3.05) is 0 Å². The fourth-order valence-corrected chi connectivity index (χ4v) is 2.60. The molecule has 0 saturated heterocycles. The largest absolute Gasteiger partial charge is 0.481 e. The number of carbonyl (C=O) groups excluding carboxylic acids is 1. The van der Waals surface area contributed by atoms with Gasteiger partial charge >= 0.3 is 0 Å². The summed E-state index contributed by atoms with van der Waals surface area (Å²) in [6, 6.07) is 14.2. The van der Waals surface area contributed by atoms with Crippen LogP contribution >= 0.6 is 0 Å². The molecule has 1 N–H and O–H groups in total. The Morgan fingerprint density at radius 2 is 1.75 bits per heavy atom. The Hall–Kier alpha value is -2.29. The van der Waals surface area contributed by atoms with Gasteiger partial charge in [-0.3, -0.25) is 4.79 Å². The molecule has 0 unspecified atom stereocenters. The van der Waals surface area contributed by atoms with Crippen LogP contribution in [0.3, 0.4) is 0 Å². The van der Waals surface area contributed by atoms with Gasteiger partial charge in [0, 0.05) is 0 Å². The number of ether oxygens (including phenoxy) is 1. The van der Waals surface area contributed by atoms with Gasteiger partial charge in [0.2, 0.25) is 0 Å². The topological polar surface area (TPSA) is 38.3 Å². The Labute approximate surface area is 145 Å². The molecule has 0 aliphatic carbocycles. The van der Waals surface area contributed by atoms with Gasteiger partial charge in [0.1, 0.15) is 5.75 Å². The molecule has 0 aromatic heterocycles. The average molecular weight is 325 g/mol. The van der Waals surface area contributed by atoms with Crippen LogP contribution in [0.1, 0.15) is 48.6 Å². The SMILES string of the molecule is CC[C@H](NC(=O)[C@@H](C)Oc1cccc(C)c1C)c1ccc(C)cc1. The van der Waals surface area contributed by atoms with Crippen molar-refractivity contribution in [2.45, 2.75) is 53.2 Å². The fraction of sp³-hybridized carbons (Fsp3) is 0.381. The summed E-state index contributed by atoms with van der Waals surface area (Å²) in [5.41, 5.74) is 4.57. The third kappa shape index (κ3) is 4.38. The first kappa shape index (κ1) is 18.1. The monoisotopic (exact) mass is 325 g/mol. The molecule has 2 rings (SSSR count). The number of benzene rings is 2. The molecule has 0 spiro atoms. The van der Waals surface area contributed by atoms with Crippen LogP contribution in [-0.2, 0) is 4.79 Å². The van der Waals surface area contributed by atoms with Crippen LogP contribution in [0.2, 0.25) is 0 Å². The standard InChI is InChI=1S/C21H27NO2/c1-6-19(18-12-10-14(2)11-13-18)22-21(23)17(5)24-20-9-7-8-15(3)16(20)4/h7-13,17,19H,6H2,1-5H3,(H,22,23)/t17-,19+/m1/s1. The van der Waals surface area contributed by atoms with Crippen molar-refractivity contribution in [3.8, 4) is 5.75 Å². The first-order valence-electron chi connectivity index (χ1n) is 8.52. The molecule has 2 aromatic carbocycles. The van der Waals surface area contributed by atoms with Crippen molar-refractivity contribution in [1.82, 2.24) is 5.32 Å². The van der Waals surface area contributed by atoms with E-state index in [9.17, 15) is 4.79 Å². The highest BCUT2D eigenvalue weighted by molar-refractivity contribution is 5.81. The lowest BCUT2D eigenvalue weighted by atomic mass is 10.0. The first-order valence-corrected chi connectivity index (χ1v) is 8.52. The van der Waals surface area contributed by atoms with Gasteiger partial charge in [-0.15, -0.1) is 0 Å². The molecule has 0 aliphatic rings. The van der Waals surface area contributed by atoms with Crippen molar-refractivity contribution in [2.24, 2.45) is 0 Å². The number of aryl methyl sites for hydroxylation is 2. The summed E-state index contributed by atoms with van der Waals surface area (Å²) in [4.78, 5) is 12.5. The lowest BCUT2D eigenvalue weighted by Crippen LogP contribution is -2.38. The minimum Gasteiger partial charge on any atom is -0.481 e. The van der Waals surface area contributed by atoms with Gasteiger partial charge in [0.05, 0.1) is 6.04 Å². The molecule has 0 heterocycles. The van der Waals surface area contributed by atoms with E-state index in [1.165, 1.54) is 5.56 Å². The molecule has 0 saturated carbocycles. The van der Waals surface area contributed by atoms with Crippen molar-refractivity contribution in [3.05, 3.63) is 64.7 Å². The average Bonchev–Trinajstić information content (AvgIpc) is 2.57. The van der Waals surface area contributed by atoms with Crippen molar-refractivity contribution >= 4 is 5.91 Å². The van der Waals surface area contributed by atoms with E-state index >= 15 is 0 Å². The Morgan fingerprint density at radius 1 is 1.08 bits per heavy atom. The maximum Gasteiger partial charge on any atom is 0.261 e. The van der Waals surface area contributed by atoms with Crippen LogP contribution in [0.5, 0.6) is 5.75 Å². The fourth-order valence-electron chi connectivity index (χ4n) is 2.60. The highest BCUT2D eigenvalue weighted by Crippen LogP contribution is 2.22. The zero-order valence-corrected chi connectivity index (χ0v) is 15.2. The van der Waals surface area contributed by atoms with Gasteiger partial charge in [-0.1, -0.05) is 48.9 Å². The van der Waals surface area contributed by atoms with E-state index in [1.807, 2.05) is 32.0 Å². The second kappa shape index (κ2) is 8.00. The molecule has 0 bridgehead atoms. The summed E-state index contributed by atoms with van der Waals surface area (Å²) >= 11 is 0. The van der Waals surface area contributed by atoms with Crippen molar-refractivity contribution in [1.29, 1.82) is 0 Å². The van der Waals surface area contributed by atoms with Crippen LogP contribution < -0.4 is 10.1 Å². The molecule has 24 heavy (non-hydrogen) atoms. The Kier molecular flexibility index (Phi) is 6.02. The highest BCUT2D eigenvalue weighted by atomic mass is 16.5. The van der Waals surface area contributed by atoms with Crippen LogP contribution in [-0.4, -0.2) is 12.0 Å². The van der Waals surface area contributed by atoms with Crippen molar-refractivity contribution in [3.63, 3.8) is 0 Å². The van der Waals surface area contributed by atoms with E-state index in [1.54, 1.807) is 6.92 Å². The molecule has 0 radical (unpaired) electrons. The van der Waals surface area contributed by atoms with Gasteiger partial charge in [0.25, 0.3) is 5.91 Å². The minimum absolute atomic E-state index is 0.00255. The Bertz CT molecular complexity index is 691. The van der Waals surface area contributed by atoms with E-state index in [0.29, 0.717) is 0 Å². The molecular weight excluding hydrogens is 298 g/mol. The molecule has 3 nitrogen and oxygen atoms in total. The van der Waals surface area contributed by atoms with Gasteiger partial charge in [-0.2, -0.15) is 0 Å². The summed E-state index contributed by atoms with van der Waals surface area (Å²) in [6.45, 7) is 9.97. The quantitative estimate of drug-likeness (QED) is 0.840. The molecular formula is C21H27NO2. The van der Waals surface area contributed by atoms with Gasteiger partial charge in [0.15, 0.2) is 6.10 Å². The lowest BCUT2D eigenvalue weighted by molar-refractivity contribution is -0.128. The van der Waals surface area contributed by atoms with Crippen LogP contribution in [0.4, 0.5) is 0 Å². The number of amides is 1. The highest BCUT2D eigenvalue weighted by Gasteiger charge is 2.20. The van der Waals surface area contributed by atoms with E-state index in [4.69, 9.17) is 4.74 Å². The van der Waals surface area contributed by atoms with E-state index in [-0.39, 0.29) is 11.9 Å². The molecule has 2 atom stereocenters. The zero-order valence-electron chi connectivity index (χ0n) is 15.2. The van der Waals surface area contributed by atoms with E-state index < -0.39 is 6.10 Å². The second-order valence-electron chi connectivity index (χ2n) is 6.34. The smallest absolute Gasteiger partial charge is 0.261 e. The number of hydrogen-bond acceptors (Lipinski definition) is 2.